The first-order valence-electron chi connectivity index (χ1n) is 10.3. The van der Waals surface area contributed by atoms with Gasteiger partial charge in [-0.3, -0.25) is 14.5 Å². The number of hydrogen-bond donors (Lipinski definition) is 2. The van der Waals surface area contributed by atoms with Gasteiger partial charge in [-0.15, -0.1) is 0 Å². The lowest BCUT2D eigenvalue weighted by Gasteiger charge is -2.15. The third kappa shape index (κ3) is 5.48. The molecule has 32 heavy (non-hydrogen) atoms. The molecule has 1 heterocycles. The van der Waals surface area contributed by atoms with Gasteiger partial charge < -0.3 is 5.32 Å². The van der Waals surface area contributed by atoms with E-state index >= 15 is 0 Å². The minimum atomic E-state index is -4.47. The summed E-state index contributed by atoms with van der Waals surface area (Å²) in [6.45, 7) is 1.95. The Morgan fingerprint density at radius 3 is 2.53 bits per heavy atom. The van der Waals surface area contributed by atoms with E-state index in [0.29, 0.717) is 18.4 Å². The Morgan fingerprint density at radius 1 is 1.12 bits per heavy atom. The van der Waals surface area contributed by atoms with E-state index in [1.807, 2.05) is 6.92 Å². The van der Waals surface area contributed by atoms with Crippen LogP contribution in [0.3, 0.4) is 0 Å². The maximum atomic E-state index is 13.2. The van der Waals surface area contributed by atoms with Gasteiger partial charge in [0.1, 0.15) is 11.9 Å². The average molecular weight is 468 g/mol. The summed E-state index contributed by atoms with van der Waals surface area (Å²) >= 11 is 0. The standard InChI is InChI=1S/C22H24F3N3O3S/c1-2-3-11-18(27-20-16-9-5-7-12-19(16)32(30,31)28-20)21(29)26-14-13-15-8-4-6-10-17(15)22(23,24)25/h4-10,12,18H,2-3,11,13-14H2,1H3,(H,26,29)(H,27,28). The molecule has 172 valence electrons. The fourth-order valence-corrected chi connectivity index (χ4v) is 4.73. The Labute approximate surface area is 185 Å². The summed E-state index contributed by atoms with van der Waals surface area (Å²) in [5.74, 6) is -0.363. The predicted molar refractivity (Wildman–Crippen MR) is 115 cm³/mol. The Kier molecular flexibility index (Phi) is 7.22. The van der Waals surface area contributed by atoms with E-state index in [9.17, 15) is 26.4 Å². The lowest BCUT2D eigenvalue weighted by Crippen LogP contribution is -2.36. The first kappa shape index (κ1) is 23.8. The first-order chi connectivity index (χ1) is 15.1. The molecule has 0 spiro atoms. The molecule has 1 amide bonds. The van der Waals surface area contributed by atoms with E-state index in [4.69, 9.17) is 0 Å². The summed E-state index contributed by atoms with van der Waals surface area (Å²) in [6.07, 6.45) is -2.60. The predicted octanol–water partition coefficient (Wildman–Crippen LogP) is 3.66. The zero-order valence-corrected chi connectivity index (χ0v) is 18.3. The molecule has 1 aliphatic rings. The summed E-state index contributed by atoms with van der Waals surface area (Å²) in [7, 11) is -3.74. The van der Waals surface area contributed by atoms with Crippen molar-refractivity contribution in [1.82, 2.24) is 10.0 Å². The molecule has 3 rings (SSSR count). The van der Waals surface area contributed by atoms with Crippen molar-refractivity contribution in [2.24, 2.45) is 4.99 Å². The number of nitrogens with zero attached hydrogens (tertiary/aromatic N) is 1. The van der Waals surface area contributed by atoms with E-state index in [1.165, 1.54) is 24.3 Å². The van der Waals surface area contributed by atoms with E-state index in [2.05, 4.69) is 15.0 Å². The number of sulfonamides is 1. The summed E-state index contributed by atoms with van der Waals surface area (Å²) in [4.78, 5) is 17.2. The molecule has 0 aliphatic carbocycles. The fourth-order valence-electron chi connectivity index (χ4n) is 3.49. The molecule has 0 bridgehead atoms. The molecule has 6 nitrogen and oxygen atoms in total. The van der Waals surface area contributed by atoms with Gasteiger partial charge in [-0.1, -0.05) is 50.1 Å². The number of benzene rings is 2. The van der Waals surface area contributed by atoms with Crippen molar-refractivity contribution in [2.45, 2.75) is 49.7 Å². The SMILES string of the molecule is CCCCC(N=C1NS(=O)(=O)c2ccccc21)C(=O)NCCc1ccccc1C(F)(F)F. The number of carbonyl (C=O) groups excluding carboxylic acids is 1. The van der Waals surface area contributed by atoms with Crippen LogP contribution in [0.15, 0.2) is 58.4 Å². The van der Waals surface area contributed by atoms with Crippen molar-refractivity contribution in [3.05, 3.63) is 65.2 Å². The summed E-state index contributed by atoms with van der Waals surface area (Å²) in [5, 5.41) is 2.65. The van der Waals surface area contributed by atoms with Gasteiger partial charge in [0.25, 0.3) is 10.0 Å². The maximum absolute atomic E-state index is 13.2. The van der Waals surface area contributed by atoms with Gasteiger partial charge >= 0.3 is 6.18 Å². The number of halogens is 3. The van der Waals surface area contributed by atoms with E-state index < -0.39 is 33.7 Å². The highest BCUT2D eigenvalue weighted by atomic mass is 32.2. The van der Waals surface area contributed by atoms with Crippen LogP contribution in [-0.4, -0.2) is 32.7 Å². The van der Waals surface area contributed by atoms with Crippen LogP contribution in [0.4, 0.5) is 13.2 Å². The van der Waals surface area contributed by atoms with Crippen molar-refractivity contribution in [2.75, 3.05) is 6.54 Å². The molecule has 0 fully saturated rings. The highest BCUT2D eigenvalue weighted by molar-refractivity contribution is 7.90. The molecule has 2 aromatic carbocycles. The van der Waals surface area contributed by atoms with Crippen LogP contribution in [0, 0.1) is 0 Å². The molecule has 0 aromatic heterocycles. The van der Waals surface area contributed by atoms with Gasteiger partial charge in [-0.05, 0) is 36.6 Å². The normalized spacial score (nSPS) is 16.9. The largest absolute Gasteiger partial charge is 0.416 e. The third-order valence-electron chi connectivity index (χ3n) is 5.10. The highest BCUT2D eigenvalue weighted by Crippen LogP contribution is 2.32. The second-order valence-corrected chi connectivity index (χ2v) is 9.08. The fraction of sp³-hybridized carbons (Fsp3) is 0.364. The van der Waals surface area contributed by atoms with Crippen LogP contribution in [-0.2, 0) is 27.4 Å². The number of carbonyl (C=O) groups is 1. The first-order valence-corrected chi connectivity index (χ1v) is 11.7. The van der Waals surface area contributed by atoms with E-state index in [1.54, 1.807) is 18.2 Å². The molecule has 1 atom stereocenters. The number of aliphatic imine (C=N–C) groups is 1. The van der Waals surface area contributed by atoms with E-state index in [0.717, 1.165) is 12.5 Å². The number of nitrogens with one attached hydrogen (secondary N) is 2. The second-order valence-electron chi connectivity index (χ2n) is 7.43. The lowest BCUT2D eigenvalue weighted by atomic mass is 10.0. The minimum absolute atomic E-state index is 0.00171. The summed E-state index contributed by atoms with van der Waals surface area (Å²) in [6, 6.07) is 10.7. The quantitative estimate of drug-likeness (QED) is 0.621. The van der Waals surface area contributed by atoms with Crippen LogP contribution in [0.2, 0.25) is 0 Å². The number of fused-ring (bicyclic) bond motifs is 1. The molecular weight excluding hydrogens is 443 g/mol. The number of rotatable bonds is 8. The summed E-state index contributed by atoms with van der Waals surface area (Å²) < 4.78 is 66.4. The van der Waals surface area contributed by atoms with Gasteiger partial charge in [0.15, 0.2) is 0 Å². The zero-order valence-electron chi connectivity index (χ0n) is 17.4. The molecule has 1 unspecified atom stereocenters. The molecule has 0 saturated heterocycles. The van der Waals surface area contributed by atoms with Crippen molar-refractivity contribution in [3.63, 3.8) is 0 Å². The molecular formula is C22H24F3N3O3S. The number of amidine groups is 1. The molecule has 2 N–H and O–H groups in total. The van der Waals surface area contributed by atoms with Crippen LogP contribution in [0.25, 0.3) is 0 Å². The van der Waals surface area contributed by atoms with Crippen molar-refractivity contribution >= 4 is 21.8 Å². The third-order valence-corrected chi connectivity index (χ3v) is 6.49. The van der Waals surface area contributed by atoms with Crippen LogP contribution in [0.5, 0.6) is 0 Å². The average Bonchev–Trinajstić information content (AvgIpc) is 3.01. The molecule has 2 aromatic rings. The second kappa shape index (κ2) is 9.72. The Balaban J connectivity index is 1.74. The number of alkyl halides is 3. The van der Waals surface area contributed by atoms with Crippen LogP contribution < -0.4 is 10.0 Å². The Bertz CT molecular complexity index is 1110. The van der Waals surface area contributed by atoms with Gasteiger partial charge in [0, 0.05) is 12.1 Å². The Morgan fingerprint density at radius 2 is 1.81 bits per heavy atom. The zero-order chi connectivity index (χ0) is 23.4. The lowest BCUT2D eigenvalue weighted by molar-refractivity contribution is -0.138. The number of unbranched alkanes of at least 4 members (excludes halogenated alkanes) is 1. The van der Waals surface area contributed by atoms with Gasteiger partial charge in [-0.2, -0.15) is 13.2 Å². The van der Waals surface area contributed by atoms with Gasteiger partial charge in [-0.25, -0.2) is 8.42 Å². The smallest absolute Gasteiger partial charge is 0.354 e. The minimum Gasteiger partial charge on any atom is -0.354 e. The van der Waals surface area contributed by atoms with E-state index in [-0.39, 0.29) is 29.3 Å². The molecule has 1 aliphatic heterocycles. The van der Waals surface area contributed by atoms with Crippen molar-refractivity contribution in [3.8, 4) is 0 Å². The van der Waals surface area contributed by atoms with Crippen LogP contribution >= 0.6 is 0 Å². The topological polar surface area (TPSA) is 87.6 Å². The van der Waals surface area contributed by atoms with Gasteiger partial charge in [0.2, 0.25) is 5.91 Å². The summed E-state index contributed by atoms with van der Waals surface area (Å²) in [5.41, 5.74) is -0.246. The number of amides is 1. The molecule has 10 heteroatoms. The maximum Gasteiger partial charge on any atom is 0.416 e. The van der Waals surface area contributed by atoms with Crippen molar-refractivity contribution < 1.29 is 26.4 Å². The highest BCUT2D eigenvalue weighted by Gasteiger charge is 2.33. The Hall–Kier alpha value is -2.88. The van der Waals surface area contributed by atoms with Crippen LogP contribution in [0.1, 0.15) is 42.9 Å². The van der Waals surface area contributed by atoms with Gasteiger partial charge in [0.05, 0.1) is 10.5 Å². The van der Waals surface area contributed by atoms with Crippen molar-refractivity contribution in [1.29, 1.82) is 0 Å². The molecule has 0 saturated carbocycles. The number of hydrogen-bond acceptors (Lipinski definition) is 4. The monoisotopic (exact) mass is 467 g/mol. The molecule has 0 radical (unpaired) electrons.